The van der Waals surface area contributed by atoms with Gasteiger partial charge >= 0.3 is 5.82 Å². The molecule has 1 aromatic rings. The SMILES string of the molecule is O=[N+]([O-])c1[nH]ncc1NCCCN1CCCC1. The van der Waals surface area contributed by atoms with Crippen LogP contribution in [0.3, 0.4) is 0 Å². The van der Waals surface area contributed by atoms with E-state index in [0.717, 1.165) is 19.5 Å². The molecule has 2 heterocycles. The fourth-order valence-electron chi connectivity index (χ4n) is 2.08. The van der Waals surface area contributed by atoms with Gasteiger partial charge in [0.2, 0.25) is 0 Å². The van der Waals surface area contributed by atoms with Crippen molar-refractivity contribution < 1.29 is 4.92 Å². The molecule has 2 rings (SSSR count). The van der Waals surface area contributed by atoms with Crippen molar-refractivity contribution in [2.45, 2.75) is 19.3 Å². The number of nitrogens with zero attached hydrogens (tertiary/aromatic N) is 3. The highest BCUT2D eigenvalue weighted by atomic mass is 16.6. The summed E-state index contributed by atoms with van der Waals surface area (Å²) >= 11 is 0. The maximum Gasteiger partial charge on any atom is 0.366 e. The molecule has 0 unspecified atom stereocenters. The molecular formula is C10H17N5O2. The van der Waals surface area contributed by atoms with Crippen molar-refractivity contribution in [1.29, 1.82) is 0 Å². The molecule has 0 amide bonds. The Morgan fingerprint density at radius 1 is 1.53 bits per heavy atom. The summed E-state index contributed by atoms with van der Waals surface area (Å²) in [5.41, 5.74) is 0.469. The molecule has 0 atom stereocenters. The van der Waals surface area contributed by atoms with Gasteiger partial charge in [0.25, 0.3) is 0 Å². The molecule has 0 aliphatic carbocycles. The zero-order valence-corrected chi connectivity index (χ0v) is 9.69. The van der Waals surface area contributed by atoms with Gasteiger partial charge in [-0.3, -0.25) is 0 Å². The Morgan fingerprint density at radius 3 is 3.00 bits per heavy atom. The minimum absolute atomic E-state index is 0.0637. The van der Waals surface area contributed by atoms with Gasteiger partial charge in [-0.05, 0) is 43.8 Å². The van der Waals surface area contributed by atoms with Crippen molar-refractivity contribution in [2.75, 3.05) is 31.5 Å². The summed E-state index contributed by atoms with van der Waals surface area (Å²) < 4.78 is 0. The van der Waals surface area contributed by atoms with Crippen LogP contribution >= 0.6 is 0 Å². The van der Waals surface area contributed by atoms with Gasteiger partial charge in [0, 0.05) is 6.54 Å². The number of nitro groups is 1. The number of H-pyrrole nitrogens is 1. The number of hydrogen-bond donors (Lipinski definition) is 2. The molecule has 7 nitrogen and oxygen atoms in total. The van der Waals surface area contributed by atoms with Crippen molar-refractivity contribution >= 4 is 11.5 Å². The normalized spacial score (nSPS) is 16.2. The van der Waals surface area contributed by atoms with E-state index in [1.165, 1.54) is 32.1 Å². The summed E-state index contributed by atoms with van der Waals surface area (Å²) in [6.07, 6.45) is 5.03. The number of rotatable bonds is 6. The van der Waals surface area contributed by atoms with Crippen LogP contribution in [-0.4, -0.2) is 46.2 Å². The first-order valence-electron chi connectivity index (χ1n) is 5.91. The van der Waals surface area contributed by atoms with Crippen molar-refractivity contribution in [3.8, 4) is 0 Å². The fraction of sp³-hybridized carbons (Fsp3) is 0.700. The van der Waals surface area contributed by atoms with E-state index in [0.29, 0.717) is 5.69 Å². The lowest BCUT2D eigenvalue weighted by molar-refractivity contribution is -0.388. The van der Waals surface area contributed by atoms with Crippen LogP contribution in [0.15, 0.2) is 6.20 Å². The van der Waals surface area contributed by atoms with E-state index in [4.69, 9.17) is 0 Å². The first kappa shape index (κ1) is 11.8. The van der Waals surface area contributed by atoms with Crippen molar-refractivity contribution in [3.05, 3.63) is 16.3 Å². The number of hydrogen-bond acceptors (Lipinski definition) is 5. The zero-order valence-electron chi connectivity index (χ0n) is 9.69. The third kappa shape index (κ3) is 3.16. The van der Waals surface area contributed by atoms with Crippen LogP contribution in [0.1, 0.15) is 19.3 Å². The first-order chi connectivity index (χ1) is 8.27. The Balaban J connectivity index is 1.70. The Kier molecular flexibility index (Phi) is 3.92. The number of aromatic amines is 1. The minimum atomic E-state index is -0.462. The Hall–Kier alpha value is -1.63. The van der Waals surface area contributed by atoms with E-state index in [1.54, 1.807) is 0 Å². The predicted molar refractivity (Wildman–Crippen MR) is 64.0 cm³/mol. The van der Waals surface area contributed by atoms with Crippen LogP contribution in [0.4, 0.5) is 11.5 Å². The van der Waals surface area contributed by atoms with Crippen LogP contribution < -0.4 is 5.32 Å². The summed E-state index contributed by atoms with van der Waals surface area (Å²) in [6, 6.07) is 0. The lowest BCUT2D eigenvalue weighted by Gasteiger charge is -2.14. The second kappa shape index (κ2) is 5.62. The van der Waals surface area contributed by atoms with Crippen LogP contribution in [-0.2, 0) is 0 Å². The largest absolute Gasteiger partial charge is 0.377 e. The molecule has 1 saturated heterocycles. The third-order valence-corrected chi connectivity index (χ3v) is 2.97. The number of nitrogens with one attached hydrogen (secondary N) is 2. The standard InChI is InChI=1S/C10H17N5O2/c16-15(17)10-9(8-12-13-10)11-4-3-7-14-5-1-2-6-14/h8,11H,1-7H2,(H,12,13). The van der Waals surface area contributed by atoms with E-state index in [2.05, 4.69) is 20.4 Å². The van der Waals surface area contributed by atoms with Gasteiger partial charge in [-0.2, -0.15) is 0 Å². The van der Waals surface area contributed by atoms with E-state index in [-0.39, 0.29) is 5.82 Å². The van der Waals surface area contributed by atoms with Crippen LogP contribution in [0.2, 0.25) is 0 Å². The minimum Gasteiger partial charge on any atom is -0.377 e. The van der Waals surface area contributed by atoms with Gasteiger partial charge in [-0.1, -0.05) is 5.10 Å². The zero-order chi connectivity index (χ0) is 12.1. The Morgan fingerprint density at radius 2 is 2.29 bits per heavy atom. The van der Waals surface area contributed by atoms with Crippen LogP contribution in [0.25, 0.3) is 0 Å². The van der Waals surface area contributed by atoms with Crippen molar-refractivity contribution in [1.82, 2.24) is 15.1 Å². The molecule has 0 bridgehead atoms. The highest BCUT2D eigenvalue weighted by Crippen LogP contribution is 2.19. The lowest BCUT2D eigenvalue weighted by Crippen LogP contribution is -2.22. The molecule has 1 aliphatic rings. The molecule has 0 aromatic carbocycles. The summed E-state index contributed by atoms with van der Waals surface area (Å²) in [6.45, 7) is 4.16. The van der Waals surface area contributed by atoms with Gasteiger partial charge in [-0.25, -0.2) is 0 Å². The van der Waals surface area contributed by atoms with Gasteiger partial charge in [0.15, 0.2) is 5.69 Å². The molecular weight excluding hydrogens is 222 g/mol. The molecule has 17 heavy (non-hydrogen) atoms. The van der Waals surface area contributed by atoms with Gasteiger partial charge < -0.3 is 20.3 Å². The topological polar surface area (TPSA) is 87.1 Å². The van der Waals surface area contributed by atoms with Gasteiger partial charge in [-0.15, -0.1) is 5.10 Å². The van der Waals surface area contributed by atoms with Crippen LogP contribution in [0.5, 0.6) is 0 Å². The van der Waals surface area contributed by atoms with Crippen LogP contribution in [0, 0.1) is 10.1 Å². The Labute approximate surface area is 99.3 Å². The highest BCUT2D eigenvalue weighted by molar-refractivity contribution is 5.55. The molecule has 0 saturated carbocycles. The van der Waals surface area contributed by atoms with Gasteiger partial charge in [0.05, 0.1) is 0 Å². The molecule has 94 valence electrons. The number of likely N-dealkylation sites (tertiary alicyclic amines) is 1. The van der Waals surface area contributed by atoms with E-state index < -0.39 is 4.92 Å². The Bertz CT molecular complexity index is 373. The first-order valence-corrected chi connectivity index (χ1v) is 5.91. The van der Waals surface area contributed by atoms with E-state index in [1.807, 2.05) is 0 Å². The quantitative estimate of drug-likeness (QED) is 0.442. The van der Waals surface area contributed by atoms with E-state index >= 15 is 0 Å². The molecule has 7 heteroatoms. The van der Waals surface area contributed by atoms with Crippen molar-refractivity contribution in [2.24, 2.45) is 0 Å². The monoisotopic (exact) mass is 239 g/mol. The molecule has 0 spiro atoms. The third-order valence-electron chi connectivity index (χ3n) is 2.97. The van der Waals surface area contributed by atoms with Crippen molar-refractivity contribution in [3.63, 3.8) is 0 Å². The summed E-state index contributed by atoms with van der Waals surface area (Å²) in [5.74, 6) is -0.0637. The number of aromatic nitrogens is 2. The second-order valence-corrected chi connectivity index (χ2v) is 4.22. The maximum absolute atomic E-state index is 10.6. The maximum atomic E-state index is 10.6. The lowest BCUT2D eigenvalue weighted by atomic mass is 10.3. The predicted octanol–water partition coefficient (Wildman–Crippen LogP) is 1.22. The summed E-state index contributed by atoms with van der Waals surface area (Å²) in [4.78, 5) is 12.6. The molecule has 1 fully saturated rings. The summed E-state index contributed by atoms with van der Waals surface area (Å²) in [5, 5.41) is 19.7. The average molecular weight is 239 g/mol. The average Bonchev–Trinajstić information content (AvgIpc) is 2.95. The molecule has 0 radical (unpaired) electrons. The molecule has 2 N–H and O–H groups in total. The highest BCUT2D eigenvalue weighted by Gasteiger charge is 2.14. The fourth-order valence-corrected chi connectivity index (χ4v) is 2.08. The van der Waals surface area contributed by atoms with Gasteiger partial charge in [0.1, 0.15) is 6.20 Å². The van der Waals surface area contributed by atoms with E-state index in [9.17, 15) is 10.1 Å². The molecule has 1 aromatic heterocycles. The second-order valence-electron chi connectivity index (χ2n) is 4.22. The molecule has 1 aliphatic heterocycles. The summed E-state index contributed by atoms with van der Waals surface area (Å²) in [7, 11) is 0. The number of anilines is 1. The smallest absolute Gasteiger partial charge is 0.366 e.